The average Bonchev–Trinajstić information content (AvgIpc) is 2.69. The Hall–Kier alpha value is -3.46. The number of nitro groups is 1. The van der Waals surface area contributed by atoms with Crippen molar-refractivity contribution >= 4 is 38.9 Å². The molecule has 2 rings (SSSR count). The number of amides is 1. The molecule has 0 radical (unpaired) electrons. The number of primary sulfonamides is 1. The predicted molar refractivity (Wildman–Crippen MR) is 110 cm³/mol. The van der Waals surface area contributed by atoms with Gasteiger partial charge in [0.2, 0.25) is 10.0 Å². The number of hydrogen-bond donors (Lipinski definition) is 3. The topological polar surface area (TPSA) is 168 Å². The van der Waals surface area contributed by atoms with Gasteiger partial charge in [-0.15, -0.1) is 0 Å². The molecule has 12 heteroatoms. The van der Waals surface area contributed by atoms with Crippen LogP contribution in [0.15, 0.2) is 59.1 Å². The maximum absolute atomic E-state index is 12.2. The molecule has 10 nitrogen and oxygen atoms in total. The number of non-ortho nitro benzene ring substituents is 1. The molecule has 156 valence electrons. The lowest BCUT2D eigenvalue weighted by Gasteiger charge is -2.07. The van der Waals surface area contributed by atoms with Crippen molar-refractivity contribution in [1.29, 1.82) is 5.26 Å². The summed E-state index contributed by atoms with van der Waals surface area (Å²) in [5, 5.41) is 30.3. The summed E-state index contributed by atoms with van der Waals surface area (Å²) in [4.78, 5) is 22.4. The number of nitrogens with one attached hydrogen (secondary N) is 2. The van der Waals surface area contributed by atoms with Crippen LogP contribution in [0.4, 0.5) is 11.4 Å². The van der Waals surface area contributed by atoms with E-state index in [1.54, 1.807) is 18.2 Å². The summed E-state index contributed by atoms with van der Waals surface area (Å²) in [7, 11) is -3.76. The smallest absolute Gasteiger partial charge is 0.271 e. The summed E-state index contributed by atoms with van der Waals surface area (Å²) in [6.07, 6.45) is 1.69. The number of nitriles is 1. The number of sulfonamides is 1. The van der Waals surface area contributed by atoms with Gasteiger partial charge in [-0.25, -0.2) is 13.6 Å². The number of nitro benzene ring substituents is 1. The van der Waals surface area contributed by atoms with Crippen LogP contribution in [-0.2, 0) is 21.2 Å². The molecule has 0 saturated heterocycles. The van der Waals surface area contributed by atoms with Crippen LogP contribution in [0.1, 0.15) is 5.56 Å². The van der Waals surface area contributed by atoms with Gasteiger partial charge in [0.05, 0.1) is 20.5 Å². The molecule has 0 aromatic heterocycles. The van der Waals surface area contributed by atoms with Crippen molar-refractivity contribution in [3.8, 4) is 6.07 Å². The number of benzene rings is 2. The molecule has 0 fully saturated rings. The van der Waals surface area contributed by atoms with Crippen LogP contribution >= 0.6 is 11.6 Å². The van der Waals surface area contributed by atoms with Crippen LogP contribution in [0.2, 0.25) is 5.02 Å². The van der Waals surface area contributed by atoms with Crippen molar-refractivity contribution in [2.45, 2.75) is 11.3 Å². The normalized spacial score (nSPS) is 11.4. The first-order valence-electron chi connectivity index (χ1n) is 8.32. The summed E-state index contributed by atoms with van der Waals surface area (Å²) in [6, 6.07) is 11.3. The van der Waals surface area contributed by atoms with Crippen LogP contribution in [0.3, 0.4) is 0 Å². The summed E-state index contributed by atoms with van der Waals surface area (Å²) in [6.45, 7) is 0.352. The van der Waals surface area contributed by atoms with E-state index in [9.17, 15) is 28.6 Å². The highest BCUT2D eigenvalue weighted by atomic mass is 35.5. The first kappa shape index (κ1) is 22.8. The molecule has 0 heterocycles. The zero-order chi connectivity index (χ0) is 22.3. The van der Waals surface area contributed by atoms with Crippen LogP contribution < -0.4 is 15.8 Å². The fourth-order valence-corrected chi connectivity index (χ4v) is 2.98. The maximum Gasteiger partial charge on any atom is 0.271 e. The highest BCUT2D eigenvalue weighted by Crippen LogP contribution is 2.27. The number of anilines is 1. The van der Waals surface area contributed by atoms with E-state index >= 15 is 0 Å². The third kappa shape index (κ3) is 6.28. The Morgan fingerprint density at radius 1 is 1.27 bits per heavy atom. The lowest BCUT2D eigenvalue weighted by Crippen LogP contribution is -2.18. The molecule has 0 aliphatic rings. The molecule has 0 atom stereocenters. The van der Waals surface area contributed by atoms with E-state index in [0.717, 1.165) is 11.6 Å². The van der Waals surface area contributed by atoms with E-state index in [1.165, 1.54) is 30.5 Å². The minimum atomic E-state index is -3.76. The SMILES string of the molecule is N#C/C(=C/NCCc1ccc(S(N)(=O)=O)cc1)C(=O)Nc1cc([N+](=O)[O-])ccc1Cl. The molecule has 4 N–H and O–H groups in total. The molecule has 0 saturated carbocycles. The maximum atomic E-state index is 12.2. The van der Waals surface area contributed by atoms with Gasteiger partial charge in [0, 0.05) is 24.9 Å². The Kier molecular flexibility index (Phi) is 7.48. The number of halogens is 1. The van der Waals surface area contributed by atoms with Gasteiger partial charge in [-0.1, -0.05) is 23.7 Å². The third-order valence-corrected chi connectivity index (χ3v) is 5.09. The second-order valence-corrected chi connectivity index (χ2v) is 7.91. The average molecular weight is 450 g/mol. The van der Waals surface area contributed by atoms with Gasteiger partial charge in [0.1, 0.15) is 11.6 Å². The molecular weight excluding hydrogens is 434 g/mol. The van der Waals surface area contributed by atoms with Gasteiger partial charge in [0.15, 0.2) is 0 Å². The number of nitrogens with two attached hydrogens (primary N) is 1. The summed E-state index contributed by atoms with van der Waals surface area (Å²) in [5.41, 5.74) is 0.299. The minimum absolute atomic E-state index is 0.00218. The molecule has 0 unspecified atom stereocenters. The zero-order valence-electron chi connectivity index (χ0n) is 15.3. The van der Waals surface area contributed by atoms with Crippen molar-refractivity contribution < 1.29 is 18.1 Å². The Bertz CT molecular complexity index is 1140. The molecule has 30 heavy (non-hydrogen) atoms. The molecule has 2 aromatic rings. The van der Waals surface area contributed by atoms with E-state index in [4.69, 9.17) is 16.7 Å². The van der Waals surface area contributed by atoms with E-state index in [2.05, 4.69) is 10.6 Å². The van der Waals surface area contributed by atoms with Gasteiger partial charge in [-0.05, 0) is 30.2 Å². The Morgan fingerprint density at radius 3 is 2.50 bits per heavy atom. The first-order chi connectivity index (χ1) is 14.1. The molecule has 0 bridgehead atoms. The largest absolute Gasteiger partial charge is 0.389 e. The van der Waals surface area contributed by atoms with Crippen molar-refractivity contribution in [1.82, 2.24) is 5.32 Å². The van der Waals surface area contributed by atoms with Crippen LogP contribution in [0, 0.1) is 21.4 Å². The van der Waals surface area contributed by atoms with E-state index < -0.39 is 20.9 Å². The first-order valence-corrected chi connectivity index (χ1v) is 10.2. The molecule has 0 spiro atoms. The second kappa shape index (κ2) is 9.84. The summed E-state index contributed by atoms with van der Waals surface area (Å²) in [5.74, 6) is -0.787. The molecular formula is C18H16ClN5O5S. The van der Waals surface area contributed by atoms with Crippen molar-refractivity contribution in [3.63, 3.8) is 0 Å². The number of hydrogen-bond acceptors (Lipinski definition) is 7. The zero-order valence-corrected chi connectivity index (χ0v) is 16.9. The highest BCUT2D eigenvalue weighted by molar-refractivity contribution is 7.89. The number of carbonyl (C=O) groups is 1. The van der Waals surface area contributed by atoms with Crippen LogP contribution in [0.25, 0.3) is 0 Å². The molecule has 0 aliphatic carbocycles. The van der Waals surface area contributed by atoms with Gasteiger partial charge < -0.3 is 10.6 Å². The van der Waals surface area contributed by atoms with Crippen LogP contribution in [0.5, 0.6) is 0 Å². The number of rotatable bonds is 8. The number of carbonyl (C=O) groups excluding carboxylic acids is 1. The quantitative estimate of drug-likeness (QED) is 0.182. The minimum Gasteiger partial charge on any atom is -0.389 e. The van der Waals surface area contributed by atoms with Crippen molar-refractivity contribution in [2.24, 2.45) is 5.14 Å². The fourth-order valence-electron chi connectivity index (χ4n) is 2.30. The summed E-state index contributed by atoms with van der Waals surface area (Å²) >= 11 is 5.93. The monoisotopic (exact) mass is 449 g/mol. The van der Waals surface area contributed by atoms with Gasteiger partial charge in [-0.3, -0.25) is 14.9 Å². The summed E-state index contributed by atoms with van der Waals surface area (Å²) < 4.78 is 22.5. The Balaban J connectivity index is 1.97. The van der Waals surface area contributed by atoms with Gasteiger partial charge >= 0.3 is 0 Å². The molecule has 0 aliphatic heterocycles. The Labute approximate surface area is 177 Å². The van der Waals surface area contributed by atoms with E-state index in [1.807, 2.05) is 0 Å². The third-order valence-electron chi connectivity index (χ3n) is 3.83. The van der Waals surface area contributed by atoms with Crippen molar-refractivity contribution in [3.05, 3.63) is 74.9 Å². The Morgan fingerprint density at radius 2 is 1.93 bits per heavy atom. The lowest BCUT2D eigenvalue weighted by molar-refractivity contribution is -0.384. The van der Waals surface area contributed by atoms with E-state index in [-0.39, 0.29) is 26.9 Å². The molecule has 2 aromatic carbocycles. The standard InChI is InChI=1S/C18H16ClN5O5S/c19-16-6-3-14(24(26)27)9-17(16)23-18(25)13(10-20)11-22-8-7-12-1-4-15(5-2-12)30(21,28)29/h1-6,9,11,22H,7-8H2,(H,23,25)(H2,21,28,29)/b13-11-. The van der Waals surface area contributed by atoms with Crippen LogP contribution in [-0.4, -0.2) is 25.8 Å². The van der Waals surface area contributed by atoms with E-state index in [0.29, 0.717) is 13.0 Å². The second-order valence-electron chi connectivity index (χ2n) is 5.94. The highest BCUT2D eigenvalue weighted by Gasteiger charge is 2.15. The van der Waals surface area contributed by atoms with Crippen molar-refractivity contribution in [2.75, 3.05) is 11.9 Å². The molecule has 1 amide bonds. The number of nitrogens with zero attached hydrogens (tertiary/aromatic N) is 2. The van der Waals surface area contributed by atoms with Gasteiger partial charge in [-0.2, -0.15) is 5.26 Å². The lowest BCUT2D eigenvalue weighted by atomic mass is 10.1. The predicted octanol–water partition coefficient (Wildman–Crippen LogP) is 2.07. The van der Waals surface area contributed by atoms with Gasteiger partial charge in [0.25, 0.3) is 11.6 Å². The fraction of sp³-hybridized carbons (Fsp3) is 0.111.